The molecule has 0 aliphatic heterocycles. The third-order valence-electron chi connectivity index (χ3n) is 5.61. The van der Waals surface area contributed by atoms with Crippen molar-refractivity contribution in [3.8, 4) is 0 Å². The molecule has 1 heterocycles. The molecule has 5 heteroatoms. The molecule has 4 rings (SSSR count). The molecule has 2 aliphatic rings. The number of rotatable bonds is 6. The number of pyridine rings is 1. The zero-order chi connectivity index (χ0) is 19.3. The van der Waals surface area contributed by atoms with Crippen LogP contribution in [0.5, 0.6) is 0 Å². The van der Waals surface area contributed by atoms with Gasteiger partial charge in [0.2, 0.25) is 0 Å². The lowest BCUT2D eigenvalue weighted by molar-refractivity contribution is -0.124. The zero-order valence-corrected chi connectivity index (χ0v) is 16.1. The van der Waals surface area contributed by atoms with Gasteiger partial charge in [-0.05, 0) is 63.0 Å². The van der Waals surface area contributed by atoms with Crippen molar-refractivity contribution in [3.05, 3.63) is 52.7 Å². The van der Waals surface area contributed by atoms with Gasteiger partial charge in [-0.1, -0.05) is 29.8 Å². The Bertz CT molecular complexity index is 933. The van der Waals surface area contributed by atoms with Crippen molar-refractivity contribution >= 4 is 22.8 Å². The molecule has 0 unspecified atom stereocenters. The predicted octanol–water partition coefficient (Wildman–Crippen LogP) is 3.89. The van der Waals surface area contributed by atoms with Gasteiger partial charge in [0, 0.05) is 17.6 Å². The highest BCUT2D eigenvalue weighted by Crippen LogP contribution is 2.30. The Labute approximate surface area is 165 Å². The Kier molecular flexibility index (Phi) is 5.70. The van der Waals surface area contributed by atoms with Crippen molar-refractivity contribution in [2.75, 3.05) is 13.2 Å². The molecule has 1 N–H and O–H groups in total. The van der Waals surface area contributed by atoms with Gasteiger partial charge in [-0.25, -0.2) is 4.79 Å². The van der Waals surface area contributed by atoms with Crippen molar-refractivity contribution in [1.29, 1.82) is 0 Å². The van der Waals surface area contributed by atoms with E-state index in [0.717, 1.165) is 60.7 Å². The van der Waals surface area contributed by atoms with Crippen LogP contribution in [-0.4, -0.2) is 30.0 Å². The number of allylic oxidation sites excluding steroid dienone is 1. The normalized spacial score (nSPS) is 15.8. The Morgan fingerprint density at radius 2 is 1.96 bits per heavy atom. The molecule has 1 amide bonds. The molecule has 0 saturated carbocycles. The molecule has 0 atom stereocenters. The van der Waals surface area contributed by atoms with Crippen LogP contribution >= 0.6 is 0 Å². The minimum atomic E-state index is -0.429. The summed E-state index contributed by atoms with van der Waals surface area (Å²) >= 11 is 0. The van der Waals surface area contributed by atoms with Crippen LogP contribution in [0.15, 0.2) is 35.9 Å². The molecule has 2 aliphatic carbocycles. The predicted molar refractivity (Wildman–Crippen MR) is 108 cm³/mol. The number of nitrogens with zero attached hydrogens (tertiary/aromatic N) is 1. The molecule has 0 spiro atoms. The van der Waals surface area contributed by atoms with Crippen molar-refractivity contribution in [1.82, 2.24) is 10.3 Å². The van der Waals surface area contributed by atoms with E-state index in [1.807, 2.05) is 24.3 Å². The van der Waals surface area contributed by atoms with Gasteiger partial charge >= 0.3 is 5.97 Å². The van der Waals surface area contributed by atoms with Crippen molar-refractivity contribution in [2.45, 2.75) is 51.4 Å². The van der Waals surface area contributed by atoms with Gasteiger partial charge < -0.3 is 10.1 Å². The largest absolute Gasteiger partial charge is 0.452 e. The molecule has 1 aromatic carbocycles. The second kappa shape index (κ2) is 8.55. The average molecular weight is 378 g/mol. The second-order valence-electron chi connectivity index (χ2n) is 7.57. The summed E-state index contributed by atoms with van der Waals surface area (Å²) in [4.78, 5) is 29.6. The van der Waals surface area contributed by atoms with Crippen LogP contribution < -0.4 is 5.32 Å². The monoisotopic (exact) mass is 378 g/mol. The molecule has 0 fully saturated rings. The lowest BCUT2D eigenvalue weighted by Crippen LogP contribution is -2.30. The van der Waals surface area contributed by atoms with Gasteiger partial charge in [0.05, 0.1) is 11.1 Å². The van der Waals surface area contributed by atoms with E-state index < -0.39 is 5.97 Å². The summed E-state index contributed by atoms with van der Waals surface area (Å²) in [6.45, 7) is 0.346. The number of nitrogens with one attached hydrogen (secondary N) is 1. The Morgan fingerprint density at radius 1 is 1.07 bits per heavy atom. The summed E-state index contributed by atoms with van der Waals surface area (Å²) < 4.78 is 5.37. The maximum Gasteiger partial charge on any atom is 0.339 e. The fraction of sp³-hybridized carbons (Fsp3) is 0.435. The summed E-state index contributed by atoms with van der Waals surface area (Å²) in [6, 6.07) is 7.63. The molecule has 0 radical (unpaired) electrons. The number of benzene rings is 1. The third-order valence-corrected chi connectivity index (χ3v) is 5.61. The number of carbonyl (C=O) groups is 2. The maximum atomic E-state index is 12.8. The number of aromatic nitrogens is 1. The topological polar surface area (TPSA) is 68.3 Å². The summed E-state index contributed by atoms with van der Waals surface area (Å²) in [6.07, 6.45) is 10.6. The number of hydrogen-bond donors (Lipinski definition) is 1. The summed E-state index contributed by atoms with van der Waals surface area (Å²) in [5.41, 5.74) is 4.77. The zero-order valence-electron chi connectivity index (χ0n) is 16.1. The van der Waals surface area contributed by atoms with Crippen LogP contribution in [0.4, 0.5) is 0 Å². The molecule has 0 saturated heterocycles. The highest BCUT2D eigenvalue weighted by atomic mass is 16.5. The van der Waals surface area contributed by atoms with Crippen LogP contribution in [0.1, 0.15) is 60.1 Å². The van der Waals surface area contributed by atoms with Gasteiger partial charge in [-0.15, -0.1) is 0 Å². The maximum absolute atomic E-state index is 12.8. The lowest BCUT2D eigenvalue weighted by atomic mass is 9.97. The number of ether oxygens (including phenoxy) is 1. The number of esters is 1. The number of carbonyl (C=O) groups excluding carboxylic acids is 2. The number of fused-ring (bicyclic) bond motifs is 2. The van der Waals surface area contributed by atoms with Gasteiger partial charge in [-0.2, -0.15) is 0 Å². The molecule has 146 valence electrons. The average Bonchev–Trinajstić information content (AvgIpc) is 3.19. The highest BCUT2D eigenvalue weighted by molar-refractivity contribution is 6.05. The van der Waals surface area contributed by atoms with E-state index >= 15 is 0 Å². The molecular weight excluding hydrogens is 352 g/mol. The van der Waals surface area contributed by atoms with Gasteiger partial charge in [-0.3, -0.25) is 9.78 Å². The van der Waals surface area contributed by atoms with Crippen LogP contribution in [0.25, 0.3) is 10.9 Å². The van der Waals surface area contributed by atoms with E-state index in [9.17, 15) is 9.59 Å². The summed E-state index contributed by atoms with van der Waals surface area (Å²) in [5, 5.41) is 3.66. The van der Waals surface area contributed by atoms with Crippen LogP contribution in [0.2, 0.25) is 0 Å². The molecule has 1 aromatic heterocycles. The molecule has 2 aromatic rings. The third kappa shape index (κ3) is 4.08. The molecule has 28 heavy (non-hydrogen) atoms. The quantitative estimate of drug-likeness (QED) is 0.612. The van der Waals surface area contributed by atoms with Crippen LogP contribution in [0.3, 0.4) is 0 Å². The lowest BCUT2D eigenvalue weighted by Gasteiger charge is -2.14. The fourth-order valence-corrected chi connectivity index (χ4v) is 4.19. The van der Waals surface area contributed by atoms with E-state index in [0.29, 0.717) is 12.1 Å². The molecule has 0 bridgehead atoms. The Balaban J connectivity index is 1.37. The van der Waals surface area contributed by atoms with Crippen molar-refractivity contribution in [2.24, 2.45) is 0 Å². The highest BCUT2D eigenvalue weighted by Gasteiger charge is 2.25. The van der Waals surface area contributed by atoms with Crippen LogP contribution in [0, 0.1) is 0 Å². The van der Waals surface area contributed by atoms with E-state index in [2.05, 4.69) is 16.4 Å². The first-order chi connectivity index (χ1) is 13.7. The number of para-hydroxylation sites is 1. The summed E-state index contributed by atoms with van der Waals surface area (Å²) in [5.74, 6) is -0.679. The first-order valence-corrected chi connectivity index (χ1v) is 10.2. The van der Waals surface area contributed by atoms with Gasteiger partial charge in [0.1, 0.15) is 0 Å². The first kappa shape index (κ1) is 18.7. The smallest absolute Gasteiger partial charge is 0.339 e. The van der Waals surface area contributed by atoms with Gasteiger partial charge in [0.25, 0.3) is 5.91 Å². The van der Waals surface area contributed by atoms with E-state index in [1.54, 1.807) is 0 Å². The number of aryl methyl sites for hydroxylation is 1. The van der Waals surface area contributed by atoms with Crippen LogP contribution in [-0.2, 0) is 22.4 Å². The van der Waals surface area contributed by atoms with E-state index in [-0.39, 0.29) is 12.5 Å². The second-order valence-corrected chi connectivity index (χ2v) is 7.57. The van der Waals surface area contributed by atoms with E-state index in [4.69, 9.17) is 4.74 Å². The fourth-order valence-electron chi connectivity index (χ4n) is 4.19. The van der Waals surface area contributed by atoms with Crippen molar-refractivity contribution in [3.63, 3.8) is 0 Å². The Hall–Kier alpha value is -2.69. The Morgan fingerprint density at radius 3 is 2.82 bits per heavy atom. The number of amides is 1. The molecule has 5 nitrogen and oxygen atoms in total. The van der Waals surface area contributed by atoms with E-state index in [1.165, 1.54) is 18.4 Å². The number of hydrogen-bond acceptors (Lipinski definition) is 4. The standard InChI is InChI=1S/C23H26N2O3/c26-21(24-14-13-16-7-2-1-3-8-16)15-28-23(27)22-17-9-4-5-11-19(17)25-20-12-6-10-18(20)22/h4-5,7,9,11H,1-3,6,8,10,12-15H2,(H,24,26). The molecular formula is C23H26N2O3. The minimum absolute atomic E-state index is 0.247. The minimum Gasteiger partial charge on any atom is -0.452 e. The summed E-state index contributed by atoms with van der Waals surface area (Å²) in [7, 11) is 0. The first-order valence-electron chi connectivity index (χ1n) is 10.2. The van der Waals surface area contributed by atoms with Gasteiger partial charge in [0.15, 0.2) is 6.61 Å². The SMILES string of the molecule is O=C(COC(=O)c1c2c(nc3ccccc13)CCC2)NCCC1=CCCCC1. The van der Waals surface area contributed by atoms with Crippen molar-refractivity contribution < 1.29 is 14.3 Å².